The molecule has 0 aliphatic carbocycles. The van der Waals surface area contributed by atoms with Crippen LogP contribution in [0.5, 0.6) is 0 Å². The number of carbonyl (C=O) groups excluding carboxylic acids is 1. The van der Waals surface area contributed by atoms with Crippen LogP contribution in [0.1, 0.15) is 63.0 Å². The molecule has 0 radical (unpaired) electrons. The molecule has 0 spiro atoms. The summed E-state index contributed by atoms with van der Waals surface area (Å²) in [5, 5.41) is 3.02. The number of rotatable bonds is 10. The summed E-state index contributed by atoms with van der Waals surface area (Å²) >= 11 is 0. The highest BCUT2D eigenvalue weighted by atomic mass is 16.1. The number of nitrogens with one attached hydrogen (secondary N) is 1. The Balaban J connectivity index is 2.01. The van der Waals surface area contributed by atoms with Crippen LogP contribution in [-0.4, -0.2) is 12.5 Å². The van der Waals surface area contributed by atoms with Crippen molar-refractivity contribution in [2.24, 2.45) is 0 Å². The van der Waals surface area contributed by atoms with E-state index in [1.807, 2.05) is 0 Å². The summed E-state index contributed by atoms with van der Waals surface area (Å²) in [4.78, 5) is 11.7. The summed E-state index contributed by atoms with van der Waals surface area (Å²) in [7, 11) is 0. The summed E-state index contributed by atoms with van der Waals surface area (Å²) in [6.45, 7) is 5.15. The van der Waals surface area contributed by atoms with Gasteiger partial charge >= 0.3 is 0 Å². The van der Waals surface area contributed by atoms with Crippen molar-refractivity contribution in [1.29, 1.82) is 0 Å². The zero-order chi connectivity index (χ0) is 14.6. The fourth-order valence-electron chi connectivity index (χ4n) is 2.25. The van der Waals surface area contributed by atoms with Gasteiger partial charge in [0.15, 0.2) is 0 Å². The Morgan fingerprint density at radius 1 is 1.00 bits per heavy atom. The molecule has 112 valence electrons. The molecule has 1 N–H and O–H groups in total. The van der Waals surface area contributed by atoms with Crippen LogP contribution in [-0.2, 0) is 11.2 Å². The maximum Gasteiger partial charge on any atom is 0.220 e. The van der Waals surface area contributed by atoms with Crippen LogP contribution in [0.4, 0.5) is 0 Å². The number of unbranched alkanes of at least 4 members (excludes halogenated alkanes) is 4. The average Bonchev–Trinajstić information content (AvgIpc) is 2.45. The molecule has 2 nitrogen and oxygen atoms in total. The van der Waals surface area contributed by atoms with E-state index in [4.69, 9.17) is 0 Å². The van der Waals surface area contributed by atoms with Crippen LogP contribution < -0.4 is 5.32 Å². The van der Waals surface area contributed by atoms with Gasteiger partial charge < -0.3 is 5.32 Å². The van der Waals surface area contributed by atoms with Crippen molar-refractivity contribution < 1.29 is 4.79 Å². The van der Waals surface area contributed by atoms with Crippen molar-refractivity contribution in [3.8, 4) is 0 Å². The number of hydrogen-bond donors (Lipinski definition) is 1. The quantitative estimate of drug-likeness (QED) is 0.630. The summed E-state index contributed by atoms with van der Waals surface area (Å²) in [6, 6.07) is 8.57. The molecule has 1 aromatic rings. The van der Waals surface area contributed by atoms with Gasteiger partial charge in [-0.05, 0) is 31.7 Å². The zero-order valence-electron chi connectivity index (χ0n) is 13.1. The Labute approximate surface area is 124 Å². The Kier molecular flexibility index (Phi) is 8.77. The van der Waals surface area contributed by atoms with Crippen molar-refractivity contribution in [3.05, 3.63) is 35.4 Å². The maximum atomic E-state index is 11.7. The van der Waals surface area contributed by atoms with Gasteiger partial charge in [-0.25, -0.2) is 0 Å². The molecule has 0 saturated heterocycles. The molecule has 0 aliphatic heterocycles. The van der Waals surface area contributed by atoms with Crippen LogP contribution in [0.2, 0.25) is 0 Å². The molecule has 1 amide bonds. The molecule has 0 unspecified atom stereocenters. The third kappa shape index (κ3) is 7.98. The molecule has 20 heavy (non-hydrogen) atoms. The molecule has 1 rings (SSSR count). The van der Waals surface area contributed by atoms with Gasteiger partial charge in [0, 0.05) is 13.0 Å². The SMILES string of the molecule is CCCCCCCNC(=O)CCCc1ccc(C)cc1. The van der Waals surface area contributed by atoms with E-state index in [9.17, 15) is 4.79 Å². The topological polar surface area (TPSA) is 29.1 Å². The van der Waals surface area contributed by atoms with E-state index in [0.717, 1.165) is 25.8 Å². The molecule has 0 aromatic heterocycles. The molecule has 0 fully saturated rings. The first-order chi connectivity index (χ1) is 9.72. The zero-order valence-corrected chi connectivity index (χ0v) is 13.1. The fourth-order valence-corrected chi connectivity index (χ4v) is 2.25. The Bertz CT molecular complexity index is 370. The van der Waals surface area contributed by atoms with Gasteiger partial charge in [-0.15, -0.1) is 0 Å². The van der Waals surface area contributed by atoms with Crippen molar-refractivity contribution in [3.63, 3.8) is 0 Å². The lowest BCUT2D eigenvalue weighted by Crippen LogP contribution is -2.24. The van der Waals surface area contributed by atoms with E-state index in [0.29, 0.717) is 6.42 Å². The minimum atomic E-state index is 0.201. The lowest BCUT2D eigenvalue weighted by atomic mass is 10.1. The maximum absolute atomic E-state index is 11.7. The minimum Gasteiger partial charge on any atom is -0.356 e. The van der Waals surface area contributed by atoms with Gasteiger partial charge in [-0.1, -0.05) is 62.4 Å². The normalized spacial score (nSPS) is 10.5. The van der Waals surface area contributed by atoms with Crippen LogP contribution in [0.25, 0.3) is 0 Å². The minimum absolute atomic E-state index is 0.201. The van der Waals surface area contributed by atoms with Crippen molar-refractivity contribution in [2.45, 2.75) is 65.2 Å². The van der Waals surface area contributed by atoms with Gasteiger partial charge in [-0.2, -0.15) is 0 Å². The van der Waals surface area contributed by atoms with E-state index < -0.39 is 0 Å². The van der Waals surface area contributed by atoms with Crippen molar-refractivity contribution in [1.82, 2.24) is 5.32 Å². The molecule has 1 aromatic carbocycles. The fraction of sp³-hybridized carbons (Fsp3) is 0.611. The number of amides is 1. The molecule has 0 atom stereocenters. The number of aryl methyl sites for hydroxylation is 2. The van der Waals surface area contributed by atoms with E-state index in [-0.39, 0.29) is 5.91 Å². The standard InChI is InChI=1S/C18H29NO/c1-3-4-5-6-7-15-19-18(20)10-8-9-17-13-11-16(2)12-14-17/h11-14H,3-10,15H2,1-2H3,(H,19,20). The predicted octanol–water partition coefficient (Wildman–Crippen LogP) is 4.40. The summed E-state index contributed by atoms with van der Waals surface area (Å²) in [5.41, 5.74) is 2.61. The third-order valence-electron chi connectivity index (χ3n) is 3.59. The first-order valence-corrected chi connectivity index (χ1v) is 8.04. The molecule has 0 saturated carbocycles. The van der Waals surface area contributed by atoms with E-state index in [2.05, 4.69) is 43.4 Å². The van der Waals surface area contributed by atoms with E-state index >= 15 is 0 Å². The highest BCUT2D eigenvalue weighted by Gasteiger charge is 2.01. The lowest BCUT2D eigenvalue weighted by Gasteiger charge is -2.05. The highest BCUT2D eigenvalue weighted by Crippen LogP contribution is 2.07. The first-order valence-electron chi connectivity index (χ1n) is 8.04. The van der Waals surface area contributed by atoms with Gasteiger partial charge in [-0.3, -0.25) is 4.79 Å². The average molecular weight is 275 g/mol. The summed E-state index contributed by atoms with van der Waals surface area (Å²) in [5.74, 6) is 0.201. The number of hydrogen-bond acceptors (Lipinski definition) is 1. The van der Waals surface area contributed by atoms with Crippen LogP contribution in [0, 0.1) is 6.92 Å². The Hall–Kier alpha value is -1.31. The van der Waals surface area contributed by atoms with Gasteiger partial charge in [0.05, 0.1) is 0 Å². The Morgan fingerprint density at radius 3 is 2.40 bits per heavy atom. The lowest BCUT2D eigenvalue weighted by molar-refractivity contribution is -0.121. The monoisotopic (exact) mass is 275 g/mol. The third-order valence-corrected chi connectivity index (χ3v) is 3.59. The van der Waals surface area contributed by atoms with E-state index in [1.54, 1.807) is 0 Å². The largest absolute Gasteiger partial charge is 0.356 e. The highest BCUT2D eigenvalue weighted by molar-refractivity contribution is 5.75. The summed E-state index contributed by atoms with van der Waals surface area (Å²) < 4.78 is 0. The van der Waals surface area contributed by atoms with Gasteiger partial charge in [0.25, 0.3) is 0 Å². The first kappa shape index (κ1) is 16.7. The molecule has 0 bridgehead atoms. The van der Waals surface area contributed by atoms with Crippen LogP contribution in [0.15, 0.2) is 24.3 Å². The second-order valence-corrected chi connectivity index (χ2v) is 5.60. The Morgan fingerprint density at radius 2 is 1.70 bits per heavy atom. The second kappa shape index (κ2) is 10.5. The van der Waals surface area contributed by atoms with Crippen molar-refractivity contribution >= 4 is 5.91 Å². The number of benzene rings is 1. The second-order valence-electron chi connectivity index (χ2n) is 5.60. The molecule has 0 heterocycles. The molecular formula is C18H29NO. The van der Waals surface area contributed by atoms with E-state index in [1.165, 1.54) is 36.8 Å². The van der Waals surface area contributed by atoms with Crippen molar-refractivity contribution in [2.75, 3.05) is 6.54 Å². The predicted molar refractivity (Wildman–Crippen MR) is 85.9 cm³/mol. The van der Waals surface area contributed by atoms with Crippen LogP contribution in [0.3, 0.4) is 0 Å². The smallest absolute Gasteiger partial charge is 0.220 e. The number of carbonyl (C=O) groups is 1. The molecule has 0 aliphatic rings. The van der Waals surface area contributed by atoms with Gasteiger partial charge in [0.2, 0.25) is 5.91 Å². The summed E-state index contributed by atoms with van der Waals surface area (Å²) in [6.07, 6.45) is 8.79. The van der Waals surface area contributed by atoms with Gasteiger partial charge in [0.1, 0.15) is 0 Å². The van der Waals surface area contributed by atoms with Crippen LogP contribution >= 0.6 is 0 Å². The molecular weight excluding hydrogens is 246 g/mol. The molecule has 2 heteroatoms.